The Morgan fingerprint density at radius 3 is 2.38 bits per heavy atom. The molecule has 0 fully saturated rings. The highest BCUT2D eigenvalue weighted by Gasteiger charge is 2.26. The average molecular weight is 218 g/mol. The molecule has 1 aromatic rings. The lowest BCUT2D eigenvalue weighted by molar-refractivity contribution is 0.103. The van der Waals surface area contributed by atoms with Crippen LogP contribution in [0, 0.1) is 6.92 Å². The van der Waals surface area contributed by atoms with Crippen LogP contribution in [0.5, 0.6) is 0 Å². The van der Waals surface area contributed by atoms with Crippen molar-refractivity contribution in [1.82, 2.24) is 0 Å². The molecule has 0 saturated carbocycles. The summed E-state index contributed by atoms with van der Waals surface area (Å²) in [6.07, 6.45) is 2.26. The molecule has 0 saturated heterocycles. The Hall–Kier alpha value is -1.12. The van der Waals surface area contributed by atoms with Crippen LogP contribution in [0.25, 0.3) is 0 Å². The number of ether oxygens (including phenoxy) is 2. The first-order chi connectivity index (χ1) is 7.67. The SMILES string of the molecule is CO[C@H]1C=C(C)[C@@H](OC)c2ccc(C)cc21. The molecule has 0 amide bonds. The van der Waals surface area contributed by atoms with E-state index in [1.54, 1.807) is 14.2 Å². The molecular weight excluding hydrogens is 200 g/mol. The Balaban J connectivity index is 2.54. The van der Waals surface area contributed by atoms with Crippen LogP contribution in [0.3, 0.4) is 0 Å². The van der Waals surface area contributed by atoms with Crippen LogP contribution in [-0.2, 0) is 9.47 Å². The molecule has 0 aliphatic heterocycles. The molecule has 2 nitrogen and oxygen atoms in total. The van der Waals surface area contributed by atoms with Crippen molar-refractivity contribution in [2.24, 2.45) is 0 Å². The summed E-state index contributed by atoms with van der Waals surface area (Å²) in [6, 6.07) is 6.44. The van der Waals surface area contributed by atoms with Gasteiger partial charge >= 0.3 is 0 Å². The van der Waals surface area contributed by atoms with Crippen molar-refractivity contribution in [3.05, 3.63) is 46.5 Å². The zero-order chi connectivity index (χ0) is 11.7. The molecule has 0 bridgehead atoms. The Kier molecular flexibility index (Phi) is 3.13. The van der Waals surface area contributed by atoms with Crippen LogP contribution >= 0.6 is 0 Å². The van der Waals surface area contributed by atoms with Crippen molar-refractivity contribution in [2.45, 2.75) is 26.1 Å². The fourth-order valence-electron chi connectivity index (χ4n) is 2.35. The highest BCUT2D eigenvalue weighted by molar-refractivity contribution is 5.43. The zero-order valence-corrected chi connectivity index (χ0v) is 10.3. The Bertz CT molecular complexity index is 421. The van der Waals surface area contributed by atoms with Crippen LogP contribution in [0.1, 0.15) is 35.8 Å². The maximum absolute atomic E-state index is 5.54. The average Bonchev–Trinajstić information content (AvgIpc) is 2.28. The lowest BCUT2D eigenvalue weighted by Crippen LogP contribution is -2.16. The quantitative estimate of drug-likeness (QED) is 0.709. The van der Waals surface area contributed by atoms with E-state index in [0.717, 1.165) is 0 Å². The van der Waals surface area contributed by atoms with Crippen LogP contribution < -0.4 is 0 Å². The maximum Gasteiger partial charge on any atom is 0.103 e. The second-order valence-electron chi connectivity index (χ2n) is 4.32. The molecule has 0 radical (unpaired) electrons. The minimum Gasteiger partial charge on any atom is -0.373 e. The maximum atomic E-state index is 5.54. The molecule has 0 N–H and O–H groups in total. The summed E-state index contributed by atoms with van der Waals surface area (Å²) in [5.74, 6) is 0. The van der Waals surface area contributed by atoms with E-state index in [-0.39, 0.29) is 12.2 Å². The zero-order valence-electron chi connectivity index (χ0n) is 10.3. The van der Waals surface area contributed by atoms with E-state index < -0.39 is 0 Å². The van der Waals surface area contributed by atoms with Gasteiger partial charge in [-0.15, -0.1) is 0 Å². The topological polar surface area (TPSA) is 18.5 Å². The lowest BCUT2D eigenvalue weighted by atomic mass is 9.87. The van der Waals surface area contributed by atoms with Crippen LogP contribution in [-0.4, -0.2) is 14.2 Å². The van der Waals surface area contributed by atoms with Crippen LogP contribution in [0.2, 0.25) is 0 Å². The van der Waals surface area contributed by atoms with E-state index in [9.17, 15) is 0 Å². The molecule has 2 heteroatoms. The molecule has 0 spiro atoms. The second kappa shape index (κ2) is 4.40. The highest BCUT2D eigenvalue weighted by Crippen LogP contribution is 2.39. The van der Waals surface area contributed by atoms with Gasteiger partial charge in [0.1, 0.15) is 12.2 Å². The summed E-state index contributed by atoms with van der Waals surface area (Å²) in [5, 5.41) is 0. The van der Waals surface area contributed by atoms with Gasteiger partial charge in [0.05, 0.1) is 0 Å². The van der Waals surface area contributed by atoms with Gasteiger partial charge in [0.25, 0.3) is 0 Å². The molecule has 86 valence electrons. The molecular formula is C14H18O2. The van der Waals surface area contributed by atoms with Crippen LogP contribution in [0.4, 0.5) is 0 Å². The number of hydrogen-bond acceptors (Lipinski definition) is 2. The fourth-order valence-corrected chi connectivity index (χ4v) is 2.35. The number of hydrogen-bond donors (Lipinski definition) is 0. The van der Waals surface area contributed by atoms with E-state index in [4.69, 9.17) is 9.47 Å². The molecule has 1 aliphatic rings. The van der Waals surface area contributed by atoms with Gasteiger partial charge in [-0.25, -0.2) is 0 Å². The molecule has 0 heterocycles. The third-order valence-corrected chi connectivity index (χ3v) is 3.15. The number of rotatable bonds is 2. The first-order valence-corrected chi connectivity index (χ1v) is 5.51. The largest absolute Gasteiger partial charge is 0.373 e. The molecule has 2 atom stereocenters. The third-order valence-electron chi connectivity index (χ3n) is 3.15. The number of aryl methyl sites for hydroxylation is 1. The third kappa shape index (κ3) is 1.79. The van der Waals surface area contributed by atoms with Gasteiger partial charge in [0.15, 0.2) is 0 Å². The number of benzene rings is 1. The van der Waals surface area contributed by atoms with Gasteiger partial charge in [0, 0.05) is 14.2 Å². The normalized spacial score (nSPS) is 23.9. The van der Waals surface area contributed by atoms with Gasteiger partial charge in [-0.2, -0.15) is 0 Å². The molecule has 0 aromatic heterocycles. The highest BCUT2D eigenvalue weighted by atomic mass is 16.5. The first-order valence-electron chi connectivity index (χ1n) is 5.51. The summed E-state index contributed by atoms with van der Waals surface area (Å²) in [7, 11) is 3.49. The van der Waals surface area contributed by atoms with Gasteiger partial charge in [0.2, 0.25) is 0 Å². The standard InChI is InChI=1S/C14H18O2/c1-9-5-6-11-12(7-9)13(15-3)8-10(2)14(11)16-4/h5-8,13-14H,1-4H3/t13-,14+/m0/s1. The molecule has 1 aromatic carbocycles. The minimum absolute atomic E-state index is 0.0568. The first kappa shape index (κ1) is 11.4. The summed E-state index contributed by atoms with van der Waals surface area (Å²) < 4.78 is 11.0. The van der Waals surface area contributed by atoms with E-state index in [1.165, 1.54) is 22.3 Å². The van der Waals surface area contributed by atoms with Crippen molar-refractivity contribution >= 4 is 0 Å². The molecule has 1 aliphatic carbocycles. The van der Waals surface area contributed by atoms with Gasteiger partial charge in [-0.1, -0.05) is 23.8 Å². The van der Waals surface area contributed by atoms with Crippen molar-refractivity contribution < 1.29 is 9.47 Å². The van der Waals surface area contributed by atoms with E-state index >= 15 is 0 Å². The van der Waals surface area contributed by atoms with E-state index in [2.05, 4.69) is 38.1 Å². The van der Waals surface area contributed by atoms with Crippen molar-refractivity contribution in [2.75, 3.05) is 14.2 Å². The summed E-state index contributed by atoms with van der Waals surface area (Å²) in [4.78, 5) is 0. The smallest absolute Gasteiger partial charge is 0.103 e. The molecule has 2 rings (SSSR count). The Labute approximate surface area is 96.9 Å². The lowest BCUT2D eigenvalue weighted by Gasteiger charge is -2.29. The predicted molar refractivity (Wildman–Crippen MR) is 64.4 cm³/mol. The van der Waals surface area contributed by atoms with Crippen molar-refractivity contribution in [3.63, 3.8) is 0 Å². The van der Waals surface area contributed by atoms with Crippen LogP contribution in [0.15, 0.2) is 29.8 Å². The van der Waals surface area contributed by atoms with Gasteiger partial charge in [-0.05, 0) is 36.6 Å². The Morgan fingerprint density at radius 1 is 1.00 bits per heavy atom. The molecule has 0 unspecified atom stereocenters. The predicted octanol–water partition coefficient (Wildman–Crippen LogP) is 3.33. The monoisotopic (exact) mass is 218 g/mol. The number of methoxy groups -OCH3 is 2. The summed E-state index contributed by atoms with van der Waals surface area (Å²) in [5.41, 5.74) is 4.91. The minimum atomic E-state index is 0.0568. The Morgan fingerprint density at radius 2 is 1.75 bits per heavy atom. The van der Waals surface area contributed by atoms with Gasteiger partial charge < -0.3 is 9.47 Å². The summed E-state index contributed by atoms with van der Waals surface area (Å²) in [6.45, 7) is 4.18. The van der Waals surface area contributed by atoms with Crippen molar-refractivity contribution in [3.8, 4) is 0 Å². The summed E-state index contributed by atoms with van der Waals surface area (Å²) >= 11 is 0. The number of fused-ring (bicyclic) bond motifs is 1. The second-order valence-corrected chi connectivity index (χ2v) is 4.32. The molecule has 16 heavy (non-hydrogen) atoms. The van der Waals surface area contributed by atoms with E-state index in [1.807, 2.05) is 0 Å². The van der Waals surface area contributed by atoms with Crippen molar-refractivity contribution in [1.29, 1.82) is 0 Å². The van der Waals surface area contributed by atoms with Gasteiger partial charge in [-0.3, -0.25) is 0 Å². The fraction of sp³-hybridized carbons (Fsp3) is 0.429. The van der Waals surface area contributed by atoms with E-state index in [0.29, 0.717) is 0 Å².